The minimum Gasteiger partial charge on any atom is -0.357 e. The first kappa shape index (κ1) is 25.5. The largest absolute Gasteiger partial charge is 0.357 e. The highest BCUT2D eigenvalue weighted by molar-refractivity contribution is 8.26. The molecule has 2 aliphatic rings. The van der Waals surface area contributed by atoms with Crippen LogP contribution in [-0.4, -0.2) is 39.3 Å². The van der Waals surface area contributed by atoms with E-state index in [1.165, 1.54) is 11.8 Å². The molecule has 3 heterocycles. The van der Waals surface area contributed by atoms with Gasteiger partial charge in [-0.1, -0.05) is 58.1 Å². The molecule has 3 rings (SSSR count). The molecule has 2 aliphatic heterocycles. The van der Waals surface area contributed by atoms with Crippen LogP contribution in [0.1, 0.15) is 70.1 Å². The van der Waals surface area contributed by atoms with Gasteiger partial charge in [0.2, 0.25) is 0 Å². The van der Waals surface area contributed by atoms with E-state index in [1.54, 1.807) is 9.47 Å². The van der Waals surface area contributed by atoms with E-state index in [-0.39, 0.29) is 17.0 Å². The number of hydrogen-bond donors (Lipinski definition) is 0. The van der Waals surface area contributed by atoms with Gasteiger partial charge in [0.05, 0.1) is 4.91 Å². The van der Waals surface area contributed by atoms with E-state index in [0.717, 1.165) is 50.2 Å². The molecule has 2 fully saturated rings. The topological polar surface area (TPSA) is 69.3 Å². The van der Waals surface area contributed by atoms with E-state index in [4.69, 9.17) is 12.2 Å². The highest BCUT2D eigenvalue weighted by Crippen LogP contribution is 2.37. The van der Waals surface area contributed by atoms with E-state index in [2.05, 4.69) is 31.7 Å². The quantitative estimate of drug-likeness (QED) is 0.402. The van der Waals surface area contributed by atoms with Gasteiger partial charge in [-0.05, 0) is 49.7 Å². The highest BCUT2D eigenvalue weighted by Gasteiger charge is 2.33. The number of piperidine rings is 1. The van der Waals surface area contributed by atoms with Crippen LogP contribution in [0.2, 0.25) is 0 Å². The van der Waals surface area contributed by atoms with Gasteiger partial charge in [-0.3, -0.25) is 19.1 Å². The van der Waals surface area contributed by atoms with Crippen molar-refractivity contribution < 1.29 is 4.79 Å². The van der Waals surface area contributed by atoms with Crippen molar-refractivity contribution in [3.8, 4) is 6.07 Å². The van der Waals surface area contributed by atoms with E-state index >= 15 is 0 Å². The van der Waals surface area contributed by atoms with Crippen LogP contribution < -0.4 is 10.5 Å². The Hall–Kier alpha value is -2.11. The van der Waals surface area contributed by atoms with Crippen LogP contribution in [0.25, 0.3) is 6.08 Å². The summed E-state index contributed by atoms with van der Waals surface area (Å²) in [6, 6.07) is 2.13. The number of carbonyl (C=O) groups excluding carboxylic acids is 1. The lowest BCUT2D eigenvalue weighted by Crippen LogP contribution is -2.43. The monoisotopic (exact) mass is 486 g/mol. The van der Waals surface area contributed by atoms with Crippen molar-refractivity contribution in [2.75, 3.05) is 24.5 Å². The average molecular weight is 487 g/mol. The van der Waals surface area contributed by atoms with Crippen molar-refractivity contribution in [3.63, 3.8) is 0 Å². The van der Waals surface area contributed by atoms with Gasteiger partial charge in [0, 0.05) is 31.7 Å². The molecule has 0 N–H and O–H groups in total. The van der Waals surface area contributed by atoms with Crippen molar-refractivity contribution in [2.45, 2.75) is 66.8 Å². The van der Waals surface area contributed by atoms with E-state index in [9.17, 15) is 14.9 Å². The van der Waals surface area contributed by atoms with Crippen molar-refractivity contribution in [3.05, 3.63) is 31.9 Å². The van der Waals surface area contributed by atoms with Gasteiger partial charge >= 0.3 is 0 Å². The van der Waals surface area contributed by atoms with Crippen LogP contribution in [0.3, 0.4) is 0 Å². The first-order chi connectivity index (χ1) is 15.7. The molecule has 0 radical (unpaired) electrons. The third-order valence-electron chi connectivity index (χ3n) is 6.35. The SMILES string of the molecule is CCCCn1c(N2CC(C)CC(C)C2)c(/C=C2/SC(=S)N(CCC)C2=O)c(C)c(C#N)c1=O. The Balaban J connectivity index is 2.25. The molecule has 6 nitrogen and oxygen atoms in total. The standard InChI is InChI=1S/C25H34N4O2S2/c1-6-8-10-28-22(27-14-16(3)11-17(4)15-27)19(18(5)20(13-26)23(28)30)12-21-24(31)29(9-7-2)25(32)33-21/h12,16-17H,6-11,14-15H2,1-5H3/b21-12+. The zero-order valence-corrected chi connectivity index (χ0v) is 21.9. The Kier molecular flexibility index (Phi) is 8.41. The summed E-state index contributed by atoms with van der Waals surface area (Å²) in [5.74, 6) is 1.73. The number of nitrogens with zero attached hydrogens (tertiary/aromatic N) is 4. The van der Waals surface area contributed by atoms with E-state index < -0.39 is 0 Å². The van der Waals surface area contributed by atoms with Gasteiger partial charge in [0.15, 0.2) is 0 Å². The molecular weight excluding hydrogens is 452 g/mol. The van der Waals surface area contributed by atoms with Crippen LogP contribution in [0.4, 0.5) is 5.82 Å². The second-order valence-electron chi connectivity index (χ2n) is 9.34. The van der Waals surface area contributed by atoms with E-state index in [0.29, 0.717) is 39.7 Å². The van der Waals surface area contributed by atoms with Crippen molar-refractivity contribution in [1.29, 1.82) is 5.26 Å². The van der Waals surface area contributed by atoms with Crippen molar-refractivity contribution in [2.24, 2.45) is 11.8 Å². The molecule has 8 heteroatoms. The second kappa shape index (κ2) is 10.9. The number of nitriles is 1. The Morgan fingerprint density at radius 3 is 2.39 bits per heavy atom. The summed E-state index contributed by atoms with van der Waals surface area (Å²) in [7, 11) is 0. The summed E-state index contributed by atoms with van der Waals surface area (Å²) in [6.07, 6.45) is 5.63. The molecule has 0 aliphatic carbocycles. The zero-order valence-electron chi connectivity index (χ0n) is 20.3. The molecular formula is C25H34N4O2S2. The van der Waals surface area contributed by atoms with Crippen LogP contribution in [0.15, 0.2) is 9.70 Å². The maximum absolute atomic E-state index is 13.4. The van der Waals surface area contributed by atoms with Crippen LogP contribution >= 0.6 is 24.0 Å². The van der Waals surface area contributed by atoms with Crippen LogP contribution in [-0.2, 0) is 11.3 Å². The smallest absolute Gasteiger partial charge is 0.270 e. The molecule has 33 heavy (non-hydrogen) atoms. The normalized spacial score (nSPS) is 22.4. The molecule has 1 amide bonds. The highest BCUT2D eigenvalue weighted by atomic mass is 32.2. The predicted octanol–water partition coefficient (Wildman–Crippen LogP) is 4.92. The fourth-order valence-corrected chi connectivity index (χ4v) is 6.18. The van der Waals surface area contributed by atoms with Gasteiger partial charge in [-0.2, -0.15) is 5.26 Å². The van der Waals surface area contributed by atoms with Crippen molar-refractivity contribution in [1.82, 2.24) is 9.47 Å². The van der Waals surface area contributed by atoms with Gasteiger partial charge in [0.1, 0.15) is 21.8 Å². The number of thiocarbonyl (C=S) groups is 1. The maximum atomic E-state index is 13.4. The van der Waals surface area contributed by atoms with Crippen LogP contribution in [0.5, 0.6) is 0 Å². The molecule has 0 bridgehead atoms. The number of carbonyl (C=O) groups is 1. The Bertz CT molecular complexity index is 1060. The summed E-state index contributed by atoms with van der Waals surface area (Å²) in [5, 5.41) is 9.83. The second-order valence-corrected chi connectivity index (χ2v) is 11.0. The number of hydrogen-bond acceptors (Lipinski definition) is 6. The summed E-state index contributed by atoms with van der Waals surface area (Å²) in [6.45, 7) is 13.2. The lowest BCUT2D eigenvalue weighted by Gasteiger charge is -2.39. The van der Waals surface area contributed by atoms with Gasteiger partial charge in [0.25, 0.3) is 11.5 Å². The molecule has 2 saturated heterocycles. The zero-order chi connectivity index (χ0) is 24.3. The van der Waals surface area contributed by atoms with Crippen LogP contribution in [0, 0.1) is 30.1 Å². The first-order valence-electron chi connectivity index (χ1n) is 11.9. The molecule has 0 saturated carbocycles. The fourth-order valence-electron chi connectivity index (χ4n) is 4.89. The van der Waals surface area contributed by atoms with Crippen molar-refractivity contribution >= 4 is 46.1 Å². The summed E-state index contributed by atoms with van der Waals surface area (Å²) in [4.78, 5) is 31.0. The third kappa shape index (κ3) is 5.20. The number of amides is 1. The Morgan fingerprint density at radius 1 is 1.15 bits per heavy atom. The molecule has 0 aromatic carbocycles. The first-order valence-corrected chi connectivity index (χ1v) is 13.1. The summed E-state index contributed by atoms with van der Waals surface area (Å²) in [5.41, 5.74) is 1.35. The molecule has 2 atom stereocenters. The molecule has 2 unspecified atom stereocenters. The number of rotatable bonds is 7. The minimum absolute atomic E-state index is 0.0950. The Morgan fingerprint density at radius 2 is 1.82 bits per heavy atom. The van der Waals surface area contributed by atoms with Gasteiger partial charge < -0.3 is 4.90 Å². The third-order valence-corrected chi connectivity index (χ3v) is 7.72. The number of aromatic nitrogens is 1. The number of pyridine rings is 1. The molecule has 1 aromatic rings. The Labute approximate surface area is 206 Å². The predicted molar refractivity (Wildman–Crippen MR) is 140 cm³/mol. The lowest BCUT2D eigenvalue weighted by atomic mass is 9.91. The van der Waals surface area contributed by atoms with Gasteiger partial charge in [-0.25, -0.2) is 0 Å². The minimum atomic E-state index is -0.236. The number of thioether (sulfide) groups is 1. The average Bonchev–Trinajstić information content (AvgIpc) is 3.02. The lowest BCUT2D eigenvalue weighted by molar-refractivity contribution is -0.122. The molecule has 178 valence electrons. The fraction of sp³-hybridized carbons (Fsp3) is 0.600. The van der Waals surface area contributed by atoms with E-state index in [1.807, 2.05) is 19.9 Å². The molecule has 1 aromatic heterocycles. The maximum Gasteiger partial charge on any atom is 0.270 e. The summed E-state index contributed by atoms with van der Waals surface area (Å²) < 4.78 is 2.34. The number of unbranched alkanes of at least 4 members (excludes halogenated alkanes) is 1. The molecule has 0 spiro atoms. The number of anilines is 1. The summed E-state index contributed by atoms with van der Waals surface area (Å²) >= 11 is 6.76. The van der Waals surface area contributed by atoms with Gasteiger partial charge in [-0.15, -0.1) is 0 Å².